The summed E-state index contributed by atoms with van der Waals surface area (Å²) in [6, 6.07) is 13.2. The molecule has 0 spiro atoms. The van der Waals surface area contributed by atoms with Crippen LogP contribution < -0.4 is 5.32 Å². The number of pyridine rings is 2. The Morgan fingerprint density at radius 2 is 2.00 bits per heavy atom. The highest BCUT2D eigenvalue weighted by Gasteiger charge is 2.14. The highest BCUT2D eigenvalue weighted by molar-refractivity contribution is 7.14. The zero-order valence-corrected chi connectivity index (χ0v) is 14.2. The first-order valence-corrected chi connectivity index (χ1v) is 8.62. The van der Waals surface area contributed by atoms with Crippen LogP contribution in [-0.4, -0.2) is 20.9 Å². The van der Waals surface area contributed by atoms with Crippen LogP contribution in [0.2, 0.25) is 0 Å². The van der Waals surface area contributed by atoms with Crippen LogP contribution in [0.15, 0.2) is 60.2 Å². The maximum Gasteiger partial charge on any atom is 0.258 e. The van der Waals surface area contributed by atoms with Gasteiger partial charge in [0.1, 0.15) is 0 Å². The van der Waals surface area contributed by atoms with Gasteiger partial charge in [0.05, 0.1) is 16.8 Å². The van der Waals surface area contributed by atoms with Gasteiger partial charge in [-0.3, -0.25) is 20.1 Å². The molecule has 25 heavy (non-hydrogen) atoms. The molecule has 3 aromatic heterocycles. The van der Waals surface area contributed by atoms with E-state index in [1.54, 1.807) is 18.5 Å². The molecule has 4 rings (SSSR count). The number of para-hydroxylation sites is 1. The lowest BCUT2D eigenvalue weighted by Crippen LogP contribution is -2.13. The minimum absolute atomic E-state index is 0.186. The lowest BCUT2D eigenvalue weighted by molar-refractivity contribution is 0.102. The molecule has 1 N–H and O–H groups in total. The van der Waals surface area contributed by atoms with Crippen molar-refractivity contribution in [1.82, 2.24) is 15.0 Å². The van der Waals surface area contributed by atoms with Crippen molar-refractivity contribution in [3.8, 4) is 11.3 Å². The van der Waals surface area contributed by atoms with Crippen LogP contribution >= 0.6 is 11.3 Å². The van der Waals surface area contributed by atoms with E-state index < -0.39 is 0 Å². The van der Waals surface area contributed by atoms with E-state index in [2.05, 4.69) is 20.3 Å². The van der Waals surface area contributed by atoms with Gasteiger partial charge in [0.25, 0.3) is 5.91 Å². The molecule has 5 nitrogen and oxygen atoms in total. The van der Waals surface area contributed by atoms with E-state index in [4.69, 9.17) is 0 Å². The monoisotopic (exact) mass is 346 g/mol. The molecule has 0 unspecified atom stereocenters. The second-order valence-electron chi connectivity index (χ2n) is 5.56. The molecule has 0 saturated heterocycles. The molecule has 122 valence electrons. The van der Waals surface area contributed by atoms with Crippen LogP contribution in [0.4, 0.5) is 5.13 Å². The van der Waals surface area contributed by atoms with E-state index in [0.717, 1.165) is 27.9 Å². The fraction of sp³-hybridized carbons (Fsp3) is 0.0526. The summed E-state index contributed by atoms with van der Waals surface area (Å²) in [4.78, 5) is 25.8. The van der Waals surface area contributed by atoms with Gasteiger partial charge >= 0.3 is 0 Å². The van der Waals surface area contributed by atoms with Crippen LogP contribution in [0.25, 0.3) is 22.2 Å². The maximum absolute atomic E-state index is 12.7. The van der Waals surface area contributed by atoms with E-state index >= 15 is 0 Å². The first-order chi connectivity index (χ1) is 12.2. The molecule has 1 aromatic carbocycles. The quantitative estimate of drug-likeness (QED) is 0.600. The summed E-state index contributed by atoms with van der Waals surface area (Å²) in [6.07, 6.45) is 3.47. The van der Waals surface area contributed by atoms with Gasteiger partial charge in [0.15, 0.2) is 5.13 Å². The second-order valence-corrected chi connectivity index (χ2v) is 6.42. The normalized spacial score (nSPS) is 10.8. The summed E-state index contributed by atoms with van der Waals surface area (Å²) in [5, 5.41) is 6.18. The Kier molecular flexibility index (Phi) is 3.95. The molecular formula is C19H14N4OS. The summed E-state index contributed by atoms with van der Waals surface area (Å²) in [6.45, 7) is 1.88. The first kappa shape index (κ1) is 15.4. The molecular weight excluding hydrogens is 332 g/mol. The third kappa shape index (κ3) is 3.12. The molecule has 0 aliphatic carbocycles. The number of thiazole rings is 1. The van der Waals surface area contributed by atoms with Gasteiger partial charge in [-0.2, -0.15) is 0 Å². The average Bonchev–Trinajstić information content (AvgIpc) is 3.10. The number of rotatable bonds is 3. The minimum Gasteiger partial charge on any atom is -0.298 e. The summed E-state index contributed by atoms with van der Waals surface area (Å²) < 4.78 is 0. The predicted octanol–water partition coefficient (Wildman–Crippen LogP) is 4.31. The number of amides is 1. The van der Waals surface area contributed by atoms with Crippen LogP contribution in [0.1, 0.15) is 16.1 Å². The van der Waals surface area contributed by atoms with Gasteiger partial charge in [-0.1, -0.05) is 18.2 Å². The van der Waals surface area contributed by atoms with Crippen molar-refractivity contribution in [1.29, 1.82) is 0 Å². The Morgan fingerprint density at radius 3 is 2.84 bits per heavy atom. The van der Waals surface area contributed by atoms with Gasteiger partial charge in [-0.15, -0.1) is 11.3 Å². The van der Waals surface area contributed by atoms with Crippen molar-refractivity contribution >= 4 is 33.3 Å². The van der Waals surface area contributed by atoms with Crippen molar-refractivity contribution in [3.63, 3.8) is 0 Å². The molecule has 0 radical (unpaired) electrons. The van der Waals surface area contributed by atoms with Gasteiger partial charge in [-0.05, 0) is 31.2 Å². The van der Waals surface area contributed by atoms with Gasteiger partial charge < -0.3 is 0 Å². The minimum atomic E-state index is -0.186. The van der Waals surface area contributed by atoms with Crippen LogP contribution in [-0.2, 0) is 0 Å². The first-order valence-electron chi connectivity index (χ1n) is 7.74. The molecule has 0 bridgehead atoms. The summed E-state index contributed by atoms with van der Waals surface area (Å²) in [5.74, 6) is -0.186. The number of hydrogen-bond acceptors (Lipinski definition) is 5. The Labute approximate surface area is 148 Å². The van der Waals surface area contributed by atoms with E-state index in [1.165, 1.54) is 11.3 Å². The molecule has 0 saturated carbocycles. The van der Waals surface area contributed by atoms with E-state index in [0.29, 0.717) is 10.7 Å². The van der Waals surface area contributed by atoms with Gasteiger partial charge in [-0.25, -0.2) is 4.98 Å². The number of fused-ring (bicyclic) bond motifs is 1. The van der Waals surface area contributed by atoms with Crippen molar-refractivity contribution in [2.45, 2.75) is 6.92 Å². The van der Waals surface area contributed by atoms with E-state index in [-0.39, 0.29) is 5.91 Å². The van der Waals surface area contributed by atoms with Crippen molar-refractivity contribution in [2.24, 2.45) is 0 Å². The highest BCUT2D eigenvalue weighted by Crippen LogP contribution is 2.25. The standard InChI is InChI=1S/C19H14N4OS/c1-12-9-15(14-6-2-3-7-16(14)21-12)18(24)23-19-22-17(11-25-19)13-5-4-8-20-10-13/h2-11H,1H3,(H,22,23,24). The fourth-order valence-electron chi connectivity index (χ4n) is 2.64. The number of carbonyl (C=O) groups excluding carboxylic acids is 1. The third-order valence-electron chi connectivity index (χ3n) is 3.77. The maximum atomic E-state index is 12.7. The SMILES string of the molecule is Cc1cc(C(=O)Nc2nc(-c3cccnc3)cs2)c2ccccc2n1. The lowest BCUT2D eigenvalue weighted by atomic mass is 10.1. The van der Waals surface area contributed by atoms with E-state index in [1.807, 2.05) is 48.7 Å². The number of carbonyl (C=O) groups is 1. The molecule has 0 fully saturated rings. The zero-order chi connectivity index (χ0) is 17.2. The second kappa shape index (κ2) is 6.41. The van der Waals surface area contributed by atoms with Crippen LogP contribution in [0, 0.1) is 6.92 Å². The molecule has 1 amide bonds. The molecule has 3 heterocycles. The van der Waals surface area contributed by atoms with Crippen LogP contribution in [0.3, 0.4) is 0 Å². The Bertz CT molecular complexity index is 1060. The molecule has 6 heteroatoms. The van der Waals surface area contributed by atoms with Gasteiger partial charge in [0.2, 0.25) is 0 Å². The fourth-order valence-corrected chi connectivity index (χ4v) is 3.35. The molecule has 0 aliphatic rings. The van der Waals surface area contributed by atoms with Crippen molar-refractivity contribution < 1.29 is 4.79 Å². The average molecular weight is 346 g/mol. The number of aromatic nitrogens is 3. The number of nitrogens with zero attached hydrogens (tertiary/aromatic N) is 3. The number of anilines is 1. The summed E-state index contributed by atoms with van der Waals surface area (Å²) >= 11 is 1.39. The number of hydrogen-bond donors (Lipinski definition) is 1. The molecule has 0 aliphatic heterocycles. The largest absolute Gasteiger partial charge is 0.298 e. The third-order valence-corrected chi connectivity index (χ3v) is 4.53. The lowest BCUT2D eigenvalue weighted by Gasteiger charge is -2.07. The summed E-state index contributed by atoms with van der Waals surface area (Å²) in [5.41, 5.74) is 3.93. The molecule has 0 atom stereocenters. The topological polar surface area (TPSA) is 67.8 Å². The van der Waals surface area contributed by atoms with E-state index in [9.17, 15) is 4.79 Å². The molecule has 4 aromatic rings. The highest BCUT2D eigenvalue weighted by atomic mass is 32.1. The predicted molar refractivity (Wildman–Crippen MR) is 99.8 cm³/mol. The van der Waals surface area contributed by atoms with Crippen molar-refractivity contribution in [2.75, 3.05) is 5.32 Å². The smallest absolute Gasteiger partial charge is 0.258 e. The van der Waals surface area contributed by atoms with Gasteiger partial charge in [0, 0.05) is 34.4 Å². The zero-order valence-electron chi connectivity index (χ0n) is 13.4. The Balaban J connectivity index is 1.64. The summed E-state index contributed by atoms with van der Waals surface area (Å²) in [7, 11) is 0. The van der Waals surface area contributed by atoms with Crippen LogP contribution in [0.5, 0.6) is 0 Å². The number of benzene rings is 1. The Morgan fingerprint density at radius 1 is 1.12 bits per heavy atom. The number of aryl methyl sites for hydroxylation is 1. The van der Waals surface area contributed by atoms with Crippen molar-refractivity contribution in [3.05, 3.63) is 71.5 Å². The number of nitrogens with one attached hydrogen (secondary N) is 1. The Hall–Kier alpha value is -3.12.